The summed E-state index contributed by atoms with van der Waals surface area (Å²) in [6.07, 6.45) is 2.22. The lowest BCUT2D eigenvalue weighted by Crippen LogP contribution is -2.36. The lowest BCUT2D eigenvalue weighted by atomic mass is 10.2. The molecule has 1 aromatic heterocycles. The van der Waals surface area contributed by atoms with Gasteiger partial charge in [0.2, 0.25) is 0 Å². The van der Waals surface area contributed by atoms with Gasteiger partial charge in [0.1, 0.15) is 6.10 Å². The maximum atomic E-state index is 9.88. The first-order valence-corrected chi connectivity index (χ1v) is 6.78. The zero-order valence-corrected chi connectivity index (χ0v) is 10.5. The van der Waals surface area contributed by atoms with Gasteiger partial charge in [0.25, 0.3) is 0 Å². The van der Waals surface area contributed by atoms with Crippen LogP contribution >= 0.6 is 11.3 Å². The summed E-state index contributed by atoms with van der Waals surface area (Å²) in [5.41, 5.74) is 0. The van der Waals surface area contributed by atoms with Crippen molar-refractivity contribution in [3.63, 3.8) is 0 Å². The standard InChI is InChI=1S/C12H20N2OS/c1-14-6-2-4-10(14)8-13-9-11(15)12-5-3-7-16-12/h3,5,7,10-11,13,15H,2,4,6,8-9H2,1H3. The number of nitrogens with one attached hydrogen (secondary N) is 1. The third kappa shape index (κ3) is 3.04. The summed E-state index contributed by atoms with van der Waals surface area (Å²) >= 11 is 1.61. The van der Waals surface area contributed by atoms with E-state index in [4.69, 9.17) is 0 Å². The molecule has 0 bridgehead atoms. The second kappa shape index (κ2) is 5.77. The van der Waals surface area contributed by atoms with E-state index < -0.39 is 0 Å². The minimum atomic E-state index is -0.355. The van der Waals surface area contributed by atoms with E-state index in [1.54, 1.807) is 11.3 Å². The highest BCUT2D eigenvalue weighted by Crippen LogP contribution is 2.18. The molecule has 2 unspecified atom stereocenters. The third-order valence-electron chi connectivity index (χ3n) is 3.26. The Morgan fingerprint density at radius 1 is 1.69 bits per heavy atom. The van der Waals surface area contributed by atoms with Crippen molar-refractivity contribution in [3.05, 3.63) is 22.4 Å². The van der Waals surface area contributed by atoms with Crippen LogP contribution in [0.2, 0.25) is 0 Å². The van der Waals surface area contributed by atoms with Gasteiger partial charge in [-0.1, -0.05) is 6.07 Å². The van der Waals surface area contributed by atoms with Crippen molar-refractivity contribution in [1.82, 2.24) is 10.2 Å². The molecule has 2 atom stereocenters. The van der Waals surface area contributed by atoms with E-state index in [1.165, 1.54) is 19.4 Å². The number of likely N-dealkylation sites (tertiary alicyclic amines) is 1. The van der Waals surface area contributed by atoms with E-state index in [9.17, 15) is 5.11 Å². The second-order valence-electron chi connectivity index (χ2n) is 4.47. The summed E-state index contributed by atoms with van der Waals surface area (Å²) in [5.74, 6) is 0. The maximum absolute atomic E-state index is 9.88. The molecule has 0 aliphatic carbocycles. The number of hydrogen-bond donors (Lipinski definition) is 2. The number of likely N-dealkylation sites (N-methyl/N-ethyl adjacent to an activating group) is 1. The van der Waals surface area contributed by atoms with Crippen molar-refractivity contribution in [1.29, 1.82) is 0 Å². The van der Waals surface area contributed by atoms with Gasteiger partial charge in [-0.05, 0) is 37.9 Å². The van der Waals surface area contributed by atoms with E-state index in [0.717, 1.165) is 11.4 Å². The molecule has 16 heavy (non-hydrogen) atoms. The zero-order chi connectivity index (χ0) is 11.4. The first-order valence-electron chi connectivity index (χ1n) is 5.90. The number of nitrogens with zero attached hydrogens (tertiary/aromatic N) is 1. The number of aliphatic hydroxyl groups excluding tert-OH is 1. The van der Waals surface area contributed by atoms with Gasteiger partial charge in [0.15, 0.2) is 0 Å². The summed E-state index contributed by atoms with van der Waals surface area (Å²) in [4.78, 5) is 3.44. The van der Waals surface area contributed by atoms with E-state index in [-0.39, 0.29) is 6.10 Å². The second-order valence-corrected chi connectivity index (χ2v) is 5.45. The Kier molecular flexibility index (Phi) is 4.35. The van der Waals surface area contributed by atoms with Gasteiger partial charge in [-0.25, -0.2) is 0 Å². The molecule has 0 radical (unpaired) electrons. The Balaban J connectivity index is 1.68. The highest BCUT2D eigenvalue weighted by molar-refractivity contribution is 7.10. The molecular weight excluding hydrogens is 220 g/mol. The van der Waals surface area contributed by atoms with Crippen molar-refractivity contribution in [2.45, 2.75) is 25.0 Å². The summed E-state index contributed by atoms with van der Waals surface area (Å²) in [6, 6.07) is 4.61. The van der Waals surface area contributed by atoms with Crippen LogP contribution in [0.4, 0.5) is 0 Å². The Bertz CT molecular complexity index is 302. The Labute approximate surface area is 101 Å². The Morgan fingerprint density at radius 2 is 2.56 bits per heavy atom. The predicted molar refractivity (Wildman–Crippen MR) is 67.8 cm³/mol. The van der Waals surface area contributed by atoms with Crippen molar-refractivity contribution in [3.8, 4) is 0 Å². The number of aliphatic hydroxyl groups is 1. The van der Waals surface area contributed by atoms with Crippen molar-refractivity contribution in [2.75, 3.05) is 26.7 Å². The lowest BCUT2D eigenvalue weighted by molar-refractivity contribution is 0.174. The normalized spacial score (nSPS) is 23.8. The summed E-state index contributed by atoms with van der Waals surface area (Å²) < 4.78 is 0. The molecule has 1 aliphatic rings. The van der Waals surface area contributed by atoms with Crippen molar-refractivity contribution >= 4 is 11.3 Å². The minimum Gasteiger partial charge on any atom is -0.386 e. The van der Waals surface area contributed by atoms with E-state index in [1.807, 2.05) is 17.5 Å². The molecule has 2 N–H and O–H groups in total. The average molecular weight is 240 g/mol. The van der Waals surface area contributed by atoms with Gasteiger partial charge in [0, 0.05) is 24.0 Å². The number of hydrogen-bond acceptors (Lipinski definition) is 4. The highest BCUT2D eigenvalue weighted by atomic mass is 32.1. The molecular formula is C12H20N2OS. The molecule has 1 saturated heterocycles. The van der Waals surface area contributed by atoms with E-state index in [0.29, 0.717) is 12.6 Å². The maximum Gasteiger partial charge on any atom is 0.101 e. The Hall–Kier alpha value is -0.420. The highest BCUT2D eigenvalue weighted by Gasteiger charge is 2.20. The molecule has 2 rings (SSSR count). The predicted octanol–water partition coefficient (Wildman–Crippen LogP) is 1.47. The van der Waals surface area contributed by atoms with Crippen molar-refractivity contribution < 1.29 is 5.11 Å². The average Bonchev–Trinajstić information content (AvgIpc) is 2.90. The summed E-state index contributed by atoms with van der Waals surface area (Å²) in [7, 11) is 2.18. The van der Waals surface area contributed by atoms with Gasteiger partial charge in [0.05, 0.1) is 0 Å². The van der Waals surface area contributed by atoms with Crippen LogP contribution in [0.3, 0.4) is 0 Å². The van der Waals surface area contributed by atoms with Crippen molar-refractivity contribution in [2.24, 2.45) is 0 Å². The first-order chi connectivity index (χ1) is 7.77. The van der Waals surface area contributed by atoms with Gasteiger partial charge in [-0.2, -0.15) is 0 Å². The summed E-state index contributed by atoms with van der Waals surface area (Å²) in [5, 5.41) is 15.2. The molecule has 1 aliphatic heterocycles. The smallest absolute Gasteiger partial charge is 0.101 e. The van der Waals surface area contributed by atoms with Crippen LogP contribution < -0.4 is 5.32 Å². The van der Waals surface area contributed by atoms with Gasteiger partial charge >= 0.3 is 0 Å². The summed E-state index contributed by atoms with van der Waals surface area (Å²) in [6.45, 7) is 2.85. The number of rotatable bonds is 5. The molecule has 1 fully saturated rings. The van der Waals surface area contributed by atoms with Crippen LogP contribution in [0.1, 0.15) is 23.8 Å². The van der Waals surface area contributed by atoms with Gasteiger partial charge in [-0.3, -0.25) is 0 Å². The molecule has 0 saturated carbocycles. The first kappa shape index (κ1) is 12.0. The van der Waals surface area contributed by atoms with E-state index in [2.05, 4.69) is 17.3 Å². The molecule has 2 heterocycles. The van der Waals surface area contributed by atoms with Crippen LogP contribution in [-0.4, -0.2) is 42.7 Å². The van der Waals surface area contributed by atoms with Crippen LogP contribution in [0.25, 0.3) is 0 Å². The van der Waals surface area contributed by atoms with Gasteiger partial charge < -0.3 is 15.3 Å². The molecule has 3 nitrogen and oxygen atoms in total. The molecule has 0 aromatic carbocycles. The monoisotopic (exact) mass is 240 g/mol. The largest absolute Gasteiger partial charge is 0.386 e. The topological polar surface area (TPSA) is 35.5 Å². The quantitative estimate of drug-likeness (QED) is 0.818. The zero-order valence-electron chi connectivity index (χ0n) is 9.72. The van der Waals surface area contributed by atoms with E-state index >= 15 is 0 Å². The third-order valence-corrected chi connectivity index (χ3v) is 4.23. The molecule has 90 valence electrons. The number of thiophene rings is 1. The molecule has 1 aromatic rings. The van der Waals surface area contributed by atoms with Crippen LogP contribution in [-0.2, 0) is 0 Å². The fraction of sp³-hybridized carbons (Fsp3) is 0.667. The molecule has 4 heteroatoms. The van der Waals surface area contributed by atoms with Crippen LogP contribution in [0.5, 0.6) is 0 Å². The minimum absolute atomic E-state index is 0.355. The SMILES string of the molecule is CN1CCCC1CNCC(O)c1cccs1. The Morgan fingerprint density at radius 3 is 3.19 bits per heavy atom. The fourth-order valence-corrected chi connectivity index (χ4v) is 2.92. The van der Waals surface area contributed by atoms with Gasteiger partial charge in [-0.15, -0.1) is 11.3 Å². The van der Waals surface area contributed by atoms with Crippen LogP contribution in [0.15, 0.2) is 17.5 Å². The molecule has 0 spiro atoms. The lowest BCUT2D eigenvalue weighted by Gasteiger charge is -2.20. The molecule has 0 amide bonds. The fourth-order valence-electron chi connectivity index (χ4n) is 2.21. The van der Waals surface area contributed by atoms with Crippen LogP contribution in [0, 0.1) is 0 Å².